The van der Waals surface area contributed by atoms with Gasteiger partial charge in [-0.3, -0.25) is 4.79 Å². The van der Waals surface area contributed by atoms with Crippen molar-refractivity contribution in [1.82, 2.24) is 4.90 Å². The summed E-state index contributed by atoms with van der Waals surface area (Å²) in [7, 11) is 1.63. The van der Waals surface area contributed by atoms with Crippen molar-refractivity contribution >= 4 is 11.6 Å². The third-order valence-electron chi connectivity index (χ3n) is 5.85. The van der Waals surface area contributed by atoms with E-state index in [1.807, 2.05) is 41.3 Å². The summed E-state index contributed by atoms with van der Waals surface area (Å²) < 4.78 is 17.1. The molecular formula is C22H24N2O4. The maximum absolute atomic E-state index is 13.4. The second kappa shape index (κ2) is 6.93. The van der Waals surface area contributed by atoms with Gasteiger partial charge < -0.3 is 24.4 Å². The van der Waals surface area contributed by atoms with Crippen LogP contribution in [-0.4, -0.2) is 37.2 Å². The Labute approximate surface area is 164 Å². The lowest BCUT2D eigenvalue weighted by Crippen LogP contribution is -2.47. The molecular weight excluding hydrogens is 356 g/mol. The van der Waals surface area contributed by atoms with E-state index in [9.17, 15) is 4.79 Å². The van der Waals surface area contributed by atoms with Gasteiger partial charge in [-0.05, 0) is 37.1 Å². The minimum atomic E-state index is -0.268. The Balaban J connectivity index is 1.61. The van der Waals surface area contributed by atoms with E-state index in [0.717, 1.165) is 42.5 Å². The van der Waals surface area contributed by atoms with Crippen molar-refractivity contribution in [3.8, 4) is 17.2 Å². The average molecular weight is 380 g/mol. The minimum absolute atomic E-state index is 0.0834. The number of nitrogens with zero attached hydrogens (tertiary/aromatic N) is 1. The average Bonchev–Trinajstić information content (AvgIpc) is 3.27. The number of nitrogens with one attached hydrogen (secondary N) is 1. The molecule has 1 atom stereocenters. The predicted octanol–water partition coefficient (Wildman–Crippen LogP) is 3.98. The molecule has 146 valence electrons. The van der Waals surface area contributed by atoms with Crippen molar-refractivity contribution in [3.05, 3.63) is 47.5 Å². The summed E-state index contributed by atoms with van der Waals surface area (Å²) in [5.41, 5.74) is 2.53. The monoisotopic (exact) mass is 380 g/mol. The van der Waals surface area contributed by atoms with Gasteiger partial charge in [0.1, 0.15) is 19.4 Å². The molecule has 6 nitrogen and oxygen atoms in total. The maximum Gasteiger partial charge on any atom is 0.258 e. The zero-order valence-corrected chi connectivity index (χ0v) is 15.9. The molecule has 1 fully saturated rings. The molecule has 2 aromatic carbocycles. The van der Waals surface area contributed by atoms with Crippen molar-refractivity contribution in [3.63, 3.8) is 0 Å². The van der Waals surface area contributed by atoms with E-state index < -0.39 is 0 Å². The maximum atomic E-state index is 13.4. The lowest BCUT2D eigenvalue weighted by molar-refractivity contribution is 0.0583. The van der Waals surface area contributed by atoms with Crippen LogP contribution in [0.4, 0.5) is 5.69 Å². The number of methoxy groups -OCH3 is 1. The first kappa shape index (κ1) is 17.2. The molecule has 1 saturated carbocycles. The quantitative estimate of drug-likeness (QED) is 0.873. The van der Waals surface area contributed by atoms with Crippen LogP contribution in [0.3, 0.4) is 0 Å². The number of hydrogen-bond acceptors (Lipinski definition) is 5. The van der Waals surface area contributed by atoms with Crippen molar-refractivity contribution in [1.29, 1.82) is 0 Å². The minimum Gasteiger partial charge on any atom is -0.493 e. The molecule has 0 aromatic heterocycles. The first-order valence-electron chi connectivity index (χ1n) is 9.92. The lowest BCUT2D eigenvalue weighted by Gasteiger charge is -2.42. The summed E-state index contributed by atoms with van der Waals surface area (Å²) >= 11 is 0. The molecule has 0 unspecified atom stereocenters. The van der Waals surface area contributed by atoms with E-state index in [1.165, 1.54) is 0 Å². The van der Waals surface area contributed by atoms with Crippen LogP contribution in [0, 0.1) is 0 Å². The third kappa shape index (κ3) is 2.75. The number of carbonyl (C=O) groups is 1. The van der Waals surface area contributed by atoms with Gasteiger partial charge in [0.2, 0.25) is 5.75 Å². The van der Waals surface area contributed by atoms with Gasteiger partial charge in [-0.1, -0.05) is 25.0 Å². The van der Waals surface area contributed by atoms with Crippen LogP contribution in [0.15, 0.2) is 36.4 Å². The number of amides is 1. The number of anilines is 1. The van der Waals surface area contributed by atoms with Crippen molar-refractivity contribution in [2.24, 2.45) is 0 Å². The topological polar surface area (TPSA) is 60.0 Å². The molecule has 1 amide bonds. The second-order valence-corrected chi connectivity index (χ2v) is 7.49. The van der Waals surface area contributed by atoms with Crippen molar-refractivity contribution in [2.75, 3.05) is 25.6 Å². The van der Waals surface area contributed by atoms with Crippen LogP contribution in [0.25, 0.3) is 0 Å². The molecule has 6 heteroatoms. The molecule has 3 aliphatic rings. The number of benzene rings is 2. The van der Waals surface area contributed by atoms with Gasteiger partial charge in [0.05, 0.1) is 12.7 Å². The van der Waals surface area contributed by atoms with E-state index in [4.69, 9.17) is 14.2 Å². The number of carbonyl (C=O) groups excluding carboxylic acids is 1. The molecule has 0 bridgehead atoms. The number of rotatable bonds is 3. The molecule has 0 saturated heterocycles. The Morgan fingerprint density at radius 1 is 1.11 bits per heavy atom. The predicted molar refractivity (Wildman–Crippen MR) is 105 cm³/mol. The normalized spacial score (nSPS) is 21.2. The zero-order chi connectivity index (χ0) is 19.1. The van der Waals surface area contributed by atoms with E-state index in [-0.39, 0.29) is 18.1 Å². The Kier molecular flexibility index (Phi) is 4.26. The summed E-state index contributed by atoms with van der Waals surface area (Å²) in [6.45, 7) is 1.01. The van der Waals surface area contributed by atoms with Gasteiger partial charge in [0.25, 0.3) is 5.91 Å². The van der Waals surface area contributed by atoms with Gasteiger partial charge >= 0.3 is 0 Å². The van der Waals surface area contributed by atoms with Gasteiger partial charge in [0.15, 0.2) is 11.5 Å². The van der Waals surface area contributed by atoms with Crippen LogP contribution < -0.4 is 19.5 Å². The SMILES string of the molecule is COc1cc([C@H]2Nc3ccccc3C(=O)N2C2CCCC2)cc2c1OCCO2. The van der Waals surface area contributed by atoms with Crippen LogP contribution in [0.5, 0.6) is 17.2 Å². The summed E-state index contributed by atoms with van der Waals surface area (Å²) in [5, 5.41) is 3.58. The highest BCUT2D eigenvalue weighted by Gasteiger charge is 2.39. The Bertz CT molecular complexity index is 890. The number of hydrogen-bond donors (Lipinski definition) is 1. The first-order valence-corrected chi connectivity index (χ1v) is 9.92. The standard InChI is InChI=1S/C22H24N2O4/c1-26-18-12-14(13-19-20(18)28-11-10-27-19)21-23-17-9-5-4-8-16(17)22(25)24(21)15-6-2-3-7-15/h4-5,8-9,12-13,15,21,23H,2-3,6-7,10-11H2,1H3/t21-/m0/s1. The summed E-state index contributed by atoms with van der Waals surface area (Å²) in [5.74, 6) is 2.01. The van der Waals surface area contributed by atoms with Crippen LogP contribution in [-0.2, 0) is 0 Å². The van der Waals surface area contributed by atoms with Gasteiger partial charge in [-0.15, -0.1) is 0 Å². The number of fused-ring (bicyclic) bond motifs is 2. The highest BCUT2D eigenvalue weighted by atomic mass is 16.6. The smallest absolute Gasteiger partial charge is 0.258 e. The number of para-hydroxylation sites is 1. The molecule has 1 aliphatic carbocycles. The Hall–Kier alpha value is -2.89. The molecule has 2 heterocycles. The zero-order valence-electron chi connectivity index (χ0n) is 15.9. The fourth-order valence-corrected chi connectivity index (χ4v) is 4.52. The molecule has 5 rings (SSSR count). The molecule has 2 aromatic rings. The molecule has 1 N–H and O–H groups in total. The van der Waals surface area contributed by atoms with E-state index >= 15 is 0 Å². The van der Waals surface area contributed by atoms with E-state index in [2.05, 4.69) is 5.32 Å². The summed E-state index contributed by atoms with van der Waals surface area (Å²) in [6.07, 6.45) is 4.12. The highest BCUT2D eigenvalue weighted by Crippen LogP contribution is 2.45. The van der Waals surface area contributed by atoms with E-state index in [1.54, 1.807) is 7.11 Å². The summed E-state index contributed by atoms with van der Waals surface area (Å²) in [6, 6.07) is 11.9. The highest BCUT2D eigenvalue weighted by molar-refractivity contribution is 6.02. The van der Waals surface area contributed by atoms with Crippen LogP contribution >= 0.6 is 0 Å². The van der Waals surface area contributed by atoms with Crippen LogP contribution in [0.1, 0.15) is 47.8 Å². The molecule has 2 aliphatic heterocycles. The van der Waals surface area contributed by atoms with E-state index in [0.29, 0.717) is 30.5 Å². The second-order valence-electron chi connectivity index (χ2n) is 7.49. The third-order valence-corrected chi connectivity index (χ3v) is 5.85. The first-order chi connectivity index (χ1) is 13.8. The van der Waals surface area contributed by atoms with Crippen molar-refractivity contribution in [2.45, 2.75) is 37.9 Å². The van der Waals surface area contributed by atoms with Gasteiger partial charge in [-0.2, -0.15) is 0 Å². The van der Waals surface area contributed by atoms with Crippen molar-refractivity contribution < 1.29 is 19.0 Å². The Morgan fingerprint density at radius 3 is 2.71 bits per heavy atom. The molecule has 0 spiro atoms. The fourth-order valence-electron chi connectivity index (χ4n) is 4.52. The van der Waals surface area contributed by atoms with Gasteiger partial charge in [0, 0.05) is 17.3 Å². The number of ether oxygens (including phenoxy) is 3. The Morgan fingerprint density at radius 2 is 1.89 bits per heavy atom. The van der Waals surface area contributed by atoms with Gasteiger partial charge in [-0.25, -0.2) is 0 Å². The molecule has 0 radical (unpaired) electrons. The largest absolute Gasteiger partial charge is 0.493 e. The fraction of sp³-hybridized carbons (Fsp3) is 0.409. The molecule has 28 heavy (non-hydrogen) atoms. The van der Waals surface area contributed by atoms with Crippen LogP contribution in [0.2, 0.25) is 0 Å². The summed E-state index contributed by atoms with van der Waals surface area (Å²) in [4.78, 5) is 15.4. The lowest BCUT2D eigenvalue weighted by atomic mass is 10.00.